The number of rotatable bonds is 3. The topological polar surface area (TPSA) is 71.5 Å². The van der Waals surface area contributed by atoms with Crippen LogP contribution in [0.15, 0.2) is 40.1 Å². The summed E-state index contributed by atoms with van der Waals surface area (Å²) >= 11 is 0. The molecule has 0 spiro atoms. The first-order valence-electron chi connectivity index (χ1n) is 8.54. The van der Waals surface area contributed by atoms with Crippen molar-refractivity contribution in [2.45, 2.75) is 43.0 Å². The van der Waals surface area contributed by atoms with Crippen LogP contribution in [0.3, 0.4) is 0 Å². The van der Waals surface area contributed by atoms with Crippen molar-refractivity contribution in [1.29, 1.82) is 0 Å². The summed E-state index contributed by atoms with van der Waals surface area (Å²) in [6, 6.07) is 6.85. The molecule has 1 atom stereocenters. The highest BCUT2D eigenvalue weighted by Gasteiger charge is 2.36. The molecule has 2 aromatic rings. The van der Waals surface area contributed by atoms with Gasteiger partial charge in [-0.1, -0.05) is 6.07 Å². The van der Waals surface area contributed by atoms with E-state index >= 15 is 0 Å². The maximum atomic E-state index is 13.7. The van der Waals surface area contributed by atoms with E-state index in [-0.39, 0.29) is 21.9 Å². The first-order valence-corrected chi connectivity index (χ1v) is 11.9. The van der Waals surface area contributed by atoms with E-state index in [1.165, 1.54) is 35.5 Å². The maximum absolute atomic E-state index is 13.7. The fraction of sp³-hybridized carbons (Fsp3) is 0.368. The number of aryl methyl sites for hydroxylation is 1. The van der Waals surface area contributed by atoms with Gasteiger partial charge in [0.05, 0.1) is 9.79 Å². The molecule has 0 fully saturated rings. The third-order valence-electron chi connectivity index (χ3n) is 5.03. The smallest absolute Gasteiger partial charge is 0.224 e. The van der Waals surface area contributed by atoms with Gasteiger partial charge in [0.25, 0.3) is 0 Å². The number of nitrogens with zero attached hydrogens (tertiary/aromatic N) is 1. The molecule has 8 heteroatoms. The van der Waals surface area contributed by atoms with Gasteiger partial charge in [-0.25, -0.2) is 21.2 Å². The van der Waals surface area contributed by atoms with Crippen molar-refractivity contribution in [2.75, 3.05) is 12.8 Å². The van der Waals surface area contributed by atoms with Crippen molar-refractivity contribution in [3.05, 3.63) is 58.4 Å². The summed E-state index contributed by atoms with van der Waals surface area (Å²) in [5.74, 6) is -0.411. The third-order valence-corrected chi connectivity index (χ3v) is 8.35. The van der Waals surface area contributed by atoms with Crippen LogP contribution >= 0.6 is 0 Å². The van der Waals surface area contributed by atoms with Crippen LogP contribution in [0, 0.1) is 19.7 Å². The minimum Gasteiger partial charge on any atom is -0.224 e. The first-order chi connectivity index (χ1) is 12.4. The second-order valence-electron chi connectivity index (χ2n) is 7.04. The molecule has 0 aliphatic carbocycles. The number of benzene rings is 2. The largest absolute Gasteiger partial charge is 0.243 e. The monoisotopic (exact) mass is 411 g/mol. The molecule has 5 nitrogen and oxygen atoms in total. The standard InChI is InChI=1S/C19H22FNO4S2/c1-12-9-18(26(4,22)23)13(2)19(10-12)27(24,25)21-8-7-15-5-6-16(20)11-17(15)14(21)3/h5-6,9-11,14H,7-8H2,1-4H3. The van der Waals surface area contributed by atoms with E-state index in [9.17, 15) is 21.2 Å². The Hall–Kier alpha value is -1.77. The second-order valence-corrected chi connectivity index (χ2v) is 10.9. The molecular weight excluding hydrogens is 389 g/mol. The maximum Gasteiger partial charge on any atom is 0.243 e. The van der Waals surface area contributed by atoms with Crippen LogP contribution in [0.2, 0.25) is 0 Å². The SMILES string of the molecule is Cc1cc(S(C)(=O)=O)c(C)c(S(=O)(=O)N2CCc3ccc(F)cc3C2C)c1. The van der Waals surface area contributed by atoms with Crippen molar-refractivity contribution in [3.8, 4) is 0 Å². The molecule has 0 aromatic heterocycles. The fourth-order valence-electron chi connectivity index (χ4n) is 3.66. The second kappa shape index (κ2) is 6.68. The van der Waals surface area contributed by atoms with Gasteiger partial charge in [-0.15, -0.1) is 0 Å². The van der Waals surface area contributed by atoms with Crippen molar-refractivity contribution >= 4 is 19.9 Å². The van der Waals surface area contributed by atoms with E-state index < -0.39 is 31.7 Å². The molecule has 0 saturated heterocycles. The molecule has 0 bridgehead atoms. The van der Waals surface area contributed by atoms with Gasteiger partial charge in [0, 0.05) is 18.8 Å². The average molecular weight is 412 g/mol. The van der Waals surface area contributed by atoms with Crippen molar-refractivity contribution in [2.24, 2.45) is 0 Å². The van der Waals surface area contributed by atoms with Gasteiger partial charge < -0.3 is 0 Å². The van der Waals surface area contributed by atoms with E-state index in [1.807, 2.05) is 0 Å². The van der Waals surface area contributed by atoms with Gasteiger partial charge >= 0.3 is 0 Å². The van der Waals surface area contributed by atoms with Crippen LogP contribution in [0.4, 0.5) is 4.39 Å². The summed E-state index contributed by atoms with van der Waals surface area (Å²) in [6.45, 7) is 5.14. The lowest BCUT2D eigenvalue weighted by molar-refractivity contribution is 0.325. The van der Waals surface area contributed by atoms with Crippen LogP contribution < -0.4 is 0 Å². The Labute approximate surface area is 159 Å². The minimum atomic E-state index is -3.96. The fourth-order valence-corrected chi connectivity index (χ4v) is 6.74. The van der Waals surface area contributed by atoms with Gasteiger partial charge in [0.2, 0.25) is 10.0 Å². The Morgan fingerprint density at radius 3 is 2.30 bits per heavy atom. The molecule has 3 rings (SSSR count). The number of sulfonamides is 1. The number of sulfone groups is 1. The third kappa shape index (κ3) is 3.53. The molecule has 1 unspecified atom stereocenters. The molecule has 1 heterocycles. The Bertz CT molecular complexity index is 1120. The summed E-state index contributed by atoms with van der Waals surface area (Å²) in [4.78, 5) is -0.00758. The molecule has 0 amide bonds. The molecule has 0 saturated carbocycles. The summed E-state index contributed by atoms with van der Waals surface area (Å²) < 4.78 is 65.9. The van der Waals surface area contributed by atoms with Crippen molar-refractivity contribution in [1.82, 2.24) is 4.31 Å². The highest BCUT2D eigenvalue weighted by Crippen LogP contribution is 2.36. The molecule has 2 aromatic carbocycles. The van der Waals surface area contributed by atoms with E-state index in [1.54, 1.807) is 19.9 Å². The number of hydrogen-bond donors (Lipinski definition) is 0. The minimum absolute atomic E-state index is 0.0113. The van der Waals surface area contributed by atoms with Gasteiger partial charge in [0.15, 0.2) is 9.84 Å². The lowest BCUT2D eigenvalue weighted by Gasteiger charge is -2.34. The van der Waals surface area contributed by atoms with Gasteiger partial charge in [-0.2, -0.15) is 4.31 Å². The highest BCUT2D eigenvalue weighted by molar-refractivity contribution is 7.91. The van der Waals surface area contributed by atoms with Crippen LogP contribution in [0.1, 0.15) is 35.2 Å². The van der Waals surface area contributed by atoms with Gasteiger partial charge in [-0.05, 0) is 73.7 Å². The predicted octanol–water partition coefficient (Wildman–Crippen LogP) is 3.15. The molecule has 0 radical (unpaired) electrons. The number of hydrogen-bond acceptors (Lipinski definition) is 4. The molecule has 146 valence electrons. The molecule has 0 N–H and O–H groups in total. The van der Waals surface area contributed by atoms with Crippen LogP contribution in [0.5, 0.6) is 0 Å². The summed E-state index contributed by atoms with van der Waals surface area (Å²) in [7, 11) is -7.53. The van der Waals surface area contributed by atoms with Crippen molar-refractivity contribution in [3.63, 3.8) is 0 Å². The van der Waals surface area contributed by atoms with Gasteiger partial charge in [-0.3, -0.25) is 0 Å². The molecular formula is C19H22FNO4S2. The predicted molar refractivity (Wildman–Crippen MR) is 101 cm³/mol. The highest BCUT2D eigenvalue weighted by atomic mass is 32.2. The summed E-state index contributed by atoms with van der Waals surface area (Å²) in [6.07, 6.45) is 1.54. The first kappa shape index (κ1) is 20.0. The molecule has 1 aliphatic rings. The van der Waals surface area contributed by atoms with Crippen molar-refractivity contribution < 1.29 is 21.2 Å². The lowest BCUT2D eigenvalue weighted by Crippen LogP contribution is -2.39. The van der Waals surface area contributed by atoms with E-state index in [0.29, 0.717) is 17.5 Å². The summed E-state index contributed by atoms with van der Waals surface area (Å²) in [5.41, 5.74) is 2.32. The Kier molecular flexibility index (Phi) is 4.95. The Morgan fingerprint density at radius 2 is 1.67 bits per heavy atom. The summed E-state index contributed by atoms with van der Waals surface area (Å²) in [5, 5.41) is 0. The van der Waals surface area contributed by atoms with E-state index in [2.05, 4.69) is 0 Å². The van der Waals surface area contributed by atoms with Gasteiger partial charge in [0.1, 0.15) is 5.82 Å². The Morgan fingerprint density at radius 1 is 1.04 bits per heavy atom. The average Bonchev–Trinajstić information content (AvgIpc) is 2.56. The lowest BCUT2D eigenvalue weighted by atomic mass is 9.95. The van der Waals surface area contributed by atoms with Crippen LogP contribution in [-0.2, 0) is 26.3 Å². The number of fused-ring (bicyclic) bond motifs is 1. The van der Waals surface area contributed by atoms with E-state index in [4.69, 9.17) is 0 Å². The zero-order valence-corrected chi connectivity index (χ0v) is 17.3. The normalized spacial score (nSPS) is 18.3. The zero-order valence-electron chi connectivity index (χ0n) is 15.7. The Balaban J connectivity index is 2.15. The quantitative estimate of drug-likeness (QED) is 0.778. The number of halogens is 1. The molecule has 27 heavy (non-hydrogen) atoms. The molecule has 1 aliphatic heterocycles. The zero-order chi connectivity index (χ0) is 20.1. The van der Waals surface area contributed by atoms with Crippen LogP contribution in [0.25, 0.3) is 0 Å². The van der Waals surface area contributed by atoms with E-state index in [0.717, 1.165) is 11.8 Å². The van der Waals surface area contributed by atoms with Crippen LogP contribution in [-0.4, -0.2) is 33.9 Å².